The molecule has 1 heterocycles. The third-order valence-electron chi connectivity index (χ3n) is 4.83. The van der Waals surface area contributed by atoms with E-state index in [-0.39, 0.29) is 17.7 Å². The first kappa shape index (κ1) is 19.9. The first-order chi connectivity index (χ1) is 13.5. The van der Waals surface area contributed by atoms with Crippen molar-refractivity contribution in [2.75, 3.05) is 7.11 Å². The lowest BCUT2D eigenvalue weighted by Crippen LogP contribution is -2.35. The maximum atomic E-state index is 13.2. The first-order valence-corrected chi connectivity index (χ1v) is 9.47. The molecule has 2 unspecified atom stereocenters. The Morgan fingerprint density at radius 2 is 1.79 bits per heavy atom. The Kier molecular flexibility index (Phi) is 6.32. The second-order valence-electron chi connectivity index (χ2n) is 6.70. The van der Waals surface area contributed by atoms with Crippen LogP contribution >= 0.6 is 11.6 Å². The van der Waals surface area contributed by atoms with E-state index in [2.05, 4.69) is 0 Å². The zero-order valence-corrected chi connectivity index (χ0v) is 16.6. The third kappa shape index (κ3) is 4.52. The van der Waals surface area contributed by atoms with Crippen molar-refractivity contribution in [1.29, 1.82) is 0 Å². The fraction of sp³-hybridized carbons (Fsp3) is 0.217. The summed E-state index contributed by atoms with van der Waals surface area (Å²) in [5.41, 5.74) is 2.33. The lowest BCUT2D eigenvalue weighted by molar-refractivity contribution is -0.144. The Balaban J connectivity index is 1.93. The molecule has 0 aliphatic carbocycles. The number of allylic oxidation sites excluding steroid dienone is 2. The van der Waals surface area contributed by atoms with Crippen molar-refractivity contribution < 1.29 is 14.3 Å². The number of nitrogens with zero attached hydrogens (tertiary/aromatic N) is 1. The number of rotatable bonds is 6. The number of ketones is 1. The summed E-state index contributed by atoms with van der Waals surface area (Å²) in [7, 11) is 1.36. The molecule has 0 aromatic heterocycles. The molecule has 0 fully saturated rings. The van der Waals surface area contributed by atoms with Gasteiger partial charge in [-0.1, -0.05) is 48.0 Å². The average molecular weight is 396 g/mol. The van der Waals surface area contributed by atoms with E-state index in [0.717, 1.165) is 5.56 Å². The zero-order chi connectivity index (χ0) is 20.1. The number of halogens is 1. The second kappa shape index (κ2) is 8.89. The van der Waals surface area contributed by atoms with E-state index in [0.29, 0.717) is 22.6 Å². The summed E-state index contributed by atoms with van der Waals surface area (Å²) >= 11 is 5.96. The van der Waals surface area contributed by atoms with Crippen LogP contribution < -0.4 is 0 Å². The largest absolute Gasteiger partial charge is 0.467 e. The summed E-state index contributed by atoms with van der Waals surface area (Å²) in [4.78, 5) is 26.9. The van der Waals surface area contributed by atoms with Gasteiger partial charge in [-0.25, -0.2) is 4.79 Å². The standard InChI is InChI=1S/C23H22ClNO3/c1-16(23(27)28-2)25-13-12-19(14-17-6-4-3-5-7-17)21(15-25)22(26)18-8-10-20(24)11-9-18/h3-13,15-16,19H,14H2,1-2H3. The minimum atomic E-state index is -0.521. The number of hydrogen-bond donors (Lipinski definition) is 0. The van der Waals surface area contributed by atoms with Gasteiger partial charge in [-0.3, -0.25) is 4.79 Å². The van der Waals surface area contributed by atoms with Gasteiger partial charge in [0.2, 0.25) is 0 Å². The van der Waals surface area contributed by atoms with Crippen LogP contribution in [-0.4, -0.2) is 29.8 Å². The van der Waals surface area contributed by atoms with Crippen molar-refractivity contribution >= 4 is 23.4 Å². The van der Waals surface area contributed by atoms with Gasteiger partial charge in [0.25, 0.3) is 0 Å². The number of esters is 1. The number of hydrogen-bond acceptors (Lipinski definition) is 4. The molecule has 1 aliphatic rings. The second-order valence-corrected chi connectivity index (χ2v) is 7.14. The summed E-state index contributed by atoms with van der Waals surface area (Å²) in [6.45, 7) is 1.74. The topological polar surface area (TPSA) is 46.6 Å². The molecule has 2 aromatic carbocycles. The number of methoxy groups -OCH3 is 1. The van der Waals surface area contributed by atoms with Crippen LogP contribution in [0.25, 0.3) is 0 Å². The van der Waals surface area contributed by atoms with Crippen LogP contribution in [0.1, 0.15) is 22.8 Å². The molecule has 0 saturated heterocycles. The van der Waals surface area contributed by atoms with Crippen LogP contribution in [-0.2, 0) is 16.0 Å². The molecule has 3 rings (SSSR count). The maximum Gasteiger partial charge on any atom is 0.328 e. The highest BCUT2D eigenvalue weighted by molar-refractivity contribution is 6.30. The third-order valence-corrected chi connectivity index (χ3v) is 5.09. The van der Waals surface area contributed by atoms with Crippen molar-refractivity contribution in [1.82, 2.24) is 4.90 Å². The monoisotopic (exact) mass is 395 g/mol. The Morgan fingerprint density at radius 3 is 2.43 bits per heavy atom. The molecule has 2 aromatic rings. The van der Waals surface area contributed by atoms with Crippen molar-refractivity contribution in [3.63, 3.8) is 0 Å². The highest BCUT2D eigenvalue weighted by atomic mass is 35.5. The lowest BCUT2D eigenvalue weighted by atomic mass is 9.86. The highest BCUT2D eigenvalue weighted by Crippen LogP contribution is 2.28. The molecule has 0 spiro atoms. The minimum absolute atomic E-state index is 0.0796. The van der Waals surface area contributed by atoms with Crippen molar-refractivity contribution in [2.45, 2.75) is 19.4 Å². The van der Waals surface area contributed by atoms with Crippen LogP contribution in [0.15, 0.2) is 78.6 Å². The van der Waals surface area contributed by atoms with E-state index >= 15 is 0 Å². The Hall–Kier alpha value is -2.85. The molecule has 28 heavy (non-hydrogen) atoms. The number of Topliss-reactive ketones (excluding diaryl/α,β-unsaturated/α-hetero) is 1. The normalized spacial score (nSPS) is 17.0. The number of carbonyl (C=O) groups excluding carboxylic acids is 2. The summed E-state index contributed by atoms with van der Waals surface area (Å²) in [5.74, 6) is -0.531. The quantitative estimate of drug-likeness (QED) is 0.527. The molecule has 0 amide bonds. The molecule has 4 nitrogen and oxygen atoms in total. The van der Waals surface area contributed by atoms with E-state index in [1.54, 1.807) is 42.3 Å². The predicted molar refractivity (Wildman–Crippen MR) is 110 cm³/mol. The summed E-state index contributed by atoms with van der Waals surface area (Å²) in [6.07, 6.45) is 6.26. The smallest absolute Gasteiger partial charge is 0.328 e. The SMILES string of the molecule is COC(=O)C(C)N1C=CC(Cc2ccccc2)C(C(=O)c2ccc(Cl)cc2)=C1. The van der Waals surface area contributed by atoms with Crippen LogP contribution in [0.2, 0.25) is 5.02 Å². The molecule has 1 aliphatic heterocycles. The number of ether oxygens (including phenoxy) is 1. The predicted octanol–water partition coefficient (Wildman–Crippen LogP) is 4.66. The molecule has 0 bridgehead atoms. The molecule has 5 heteroatoms. The van der Waals surface area contributed by atoms with Gasteiger partial charge in [0, 0.05) is 34.5 Å². The van der Waals surface area contributed by atoms with E-state index in [1.807, 2.05) is 42.6 Å². The molecular weight excluding hydrogens is 374 g/mol. The van der Waals surface area contributed by atoms with E-state index in [1.165, 1.54) is 7.11 Å². The van der Waals surface area contributed by atoms with Crippen LogP contribution in [0.3, 0.4) is 0 Å². The summed E-state index contributed by atoms with van der Waals surface area (Å²) in [5, 5.41) is 0.579. The fourth-order valence-electron chi connectivity index (χ4n) is 3.18. The Labute approximate surface area is 170 Å². The van der Waals surface area contributed by atoms with Crippen LogP contribution in [0.4, 0.5) is 0 Å². The molecule has 0 radical (unpaired) electrons. The van der Waals surface area contributed by atoms with Gasteiger partial charge in [-0.15, -0.1) is 0 Å². The van der Waals surface area contributed by atoms with Gasteiger partial charge in [0.05, 0.1) is 7.11 Å². The van der Waals surface area contributed by atoms with Gasteiger partial charge in [0.1, 0.15) is 6.04 Å². The Morgan fingerprint density at radius 1 is 1.11 bits per heavy atom. The highest BCUT2D eigenvalue weighted by Gasteiger charge is 2.28. The van der Waals surface area contributed by atoms with E-state index in [9.17, 15) is 9.59 Å². The number of benzene rings is 2. The van der Waals surface area contributed by atoms with Crippen molar-refractivity contribution in [3.8, 4) is 0 Å². The molecule has 2 atom stereocenters. The molecule has 0 saturated carbocycles. The average Bonchev–Trinajstić information content (AvgIpc) is 2.73. The first-order valence-electron chi connectivity index (χ1n) is 9.09. The van der Waals surface area contributed by atoms with Gasteiger partial charge >= 0.3 is 5.97 Å². The van der Waals surface area contributed by atoms with Crippen LogP contribution in [0, 0.1) is 5.92 Å². The van der Waals surface area contributed by atoms with Gasteiger partial charge in [-0.2, -0.15) is 0 Å². The minimum Gasteiger partial charge on any atom is -0.467 e. The van der Waals surface area contributed by atoms with Crippen LogP contribution in [0.5, 0.6) is 0 Å². The molecule has 0 N–H and O–H groups in total. The van der Waals surface area contributed by atoms with E-state index < -0.39 is 6.04 Å². The molecule has 144 valence electrons. The molecular formula is C23H22ClNO3. The summed E-state index contributed by atoms with van der Waals surface area (Å²) < 4.78 is 4.84. The maximum absolute atomic E-state index is 13.2. The van der Waals surface area contributed by atoms with Crippen molar-refractivity contribution in [2.24, 2.45) is 5.92 Å². The Bertz CT molecular complexity index is 903. The summed E-state index contributed by atoms with van der Waals surface area (Å²) in [6, 6.07) is 16.3. The van der Waals surface area contributed by atoms with E-state index in [4.69, 9.17) is 16.3 Å². The van der Waals surface area contributed by atoms with Gasteiger partial charge < -0.3 is 9.64 Å². The van der Waals surface area contributed by atoms with Crippen molar-refractivity contribution in [3.05, 3.63) is 94.8 Å². The lowest BCUT2D eigenvalue weighted by Gasteiger charge is -2.29. The fourth-order valence-corrected chi connectivity index (χ4v) is 3.31. The van der Waals surface area contributed by atoms with Gasteiger partial charge in [0.15, 0.2) is 5.78 Å². The van der Waals surface area contributed by atoms with Gasteiger partial charge in [-0.05, 0) is 43.2 Å². The zero-order valence-electron chi connectivity index (χ0n) is 15.8. The number of carbonyl (C=O) groups is 2.